The van der Waals surface area contributed by atoms with Crippen LogP contribution in [0.2, 0.25) is 5.28 Å². The lowest BCUT2D eigenvalue weighted by atomic mass is 10.3. The first-order chi connectivity index (χ1) is 7.95. The van der Waals surface area contributed by atoms with Crippen molar-refractivity contribution in [3.8, 4) is 0 Å². The highest BCUT2D eigenvalue weighted by Crippen LogP contribution is 2.33. The van der Waals surface area contributed by atoms with Gasteiger partial charge < -0.3 is 10.1 Å². The first-order valence-corrected chi connectivity index (χ1v) is 5.15. The Hall–Kier alpha value is -1.08. The second-order valence-electron chi connectivity index (χ2n) is 3.17. The molecule has 0 bridgehead atoms. The van der Waals surface area contributed by atoms with Gasteiger partial charge >= 0.3 is 6.18 Å². The summed E-state index contributed by atoms with van der Waals surface area (Å²) in [7, 11) is 1.52. The maximum atomic E-state index is 12.6. The van der Waals surface area contributed by atoms with Gasteiger partial charge in [-0.05, 0) is 18.0 Å². The summed E-state index contributed by atoms with van der Waals surface area (Å²) >= 11 is 5.45. The zero-order chi connectivity index (χ0) is 12.9. The Kier molecular flexibility index (Phi) is 4.95. The predicted octanol–water partition coefficient (Wildman–Crippen LogP) is 2.60. The van der Waals surface area contributed by atoms with E-state index in [-0.39, 0.29) is 11.1 Å². The van der Waals surface area contributed by atoms with Gasteiger partial charge in [0.15, 0.2) is 0 Å². The summed E-state index contributed by atoms with van der Waals surface area (Å²) in [6.45, 7) is 0.761. The topological polar surface area (TPSA) is 47.0 Å². The Labute approximate surface area is 101 Å². The van der Waals surface area contributed by atoms with Crippen molar-refractivity contribution < 1.29 is 17.9 Å². The lowest BCUT2D eigenvalue weighted by Crippen LogP contribution is -2.14. The molecule has 0 saturated carbocycles. The average molecular weight is 270 g/mol. The highest BCUT2D eigenvalue weighted by molar-refractivity contribution is 6.28. The van der Waals surface area contributed by atoms with Crippen molar-refractivity contribution in [1.82, 2.24) is 9.97 Å². The summed E-state index contributed by atoms with van der Waals surface area (Å²) in [6.07, 6.45) is -3.28. The third kappa shape index (κ3) is 4.35. The minimum atomic E-state index is -4.51. The van der Waals surface area contributed by atoms with E-state index in [4.69, 9.17) is 16.3 Å². The van der Waals surface area contributed by atoms with Gasteiger partial charge in [-0.3, -0.25) is 0 Å². The number of anilines is 1. The second kappa shape index (κ2) is 6.02. The molecule has 0 atom stereocenters. The molecule has 0 aliphatic carbocycles. The standard InChI is InChI=1S/C9H11ClF3N3O/c1-17-4-2-3-14-7-6(9(11,12)13)5-15-8(10)16-7/h5H,2-4H2,1H3,(H,14,15,16). The molecular weight excluding hydrogens is 259 g/mol. The molecule has 0 aromatic carbocycles. The Morgan fingerprint density at radius 1 is 1.47 bits per heavy atom. The van der Waals surface area contributed by atoms with Gasteiger partial charge in [-0.25, -0.2) is 9.97 Å². The molecule has 1 aromatic heterocycles. The van der Waals surface area contributed by atoms with Gasteiger partial charge in [-0.15, -0.1) is 0 Å². The fraction of sp³-hybridized carbons (Fsp3) is 0.556. The first-order valence-electron chi connectivity index (χ1n) is 4.77. The summed E-state index contributed by atoms with van der Waals surface area (Å²) in [5.41, 5.74) is -0.931. The number of aromatic nitrogens is 2. The van der Waals surface area contributed by atoms with E-state index >= 15 is 0 Å². The zero-order valence-corrected chi connectivity index (χ0v) is 9.77. The average Bonchev–Trinajstić information content (AvgIpc) is 2.23. The van der Waals surface area contributed by atoms with E-state index in [0.717, 1.165) is 0 Å². The fourth-order valence-corrected chi connectivity index (χ4v) is 1.26. The van der Waals surface area contributed by atoms with E-state index in [1.54, 1.807) is 0 Å². The summed E-state index contributed by atoms with van der Waals surface area (Å²) in [6, 6.07) is 0. The molecule has 96 valence electrons. The normalized spacial score (nSPS) is 11.6. The number of ether oxygens (including phenoxy) is 1. The highest BCUT2D eigenvalue weighted by Gasteiger charge is 2.35. The molecule has 4 nitrogen and oxygen atoms in total. The third-order valence-electron chi connectivity index (χ3n) is 1.88. The van der Waals surface area contributed by atoms with Crippen LogP contribution in [0, 0.1) is 0 Å². The predicted molar refractivity (Wildman–Crippen MR) is 57.0 cm³/mol. The Bertz CT molecular complexity index is 373. The molecule has 0 amide bonds. The second-order valence-corrected chi connectivity index (χ2v) is 3.51. The molecule has 0 saturated heterocycles. The number of alkyl halides is 3. The molecule has 1 heterocycles. The van der Waals surface area contributed by atoms with Crippen LogP contribution in [0.25, 0.3) is 0 Å². The van der Waals surface area contributed by atoms with Gasteiger partial charge in [-0.2, -0.15) is 13.2 Å². The van der Waals surface area contributed by atoms with E-state index in [0.29, 0.717) is 25.8 Å². The monoisotopic (exact) mass is 269 g/mol. The lowest BCUT2D eigenvalue weighted by molar-refractivity contribution is -0.137. The number of hydrogen-bond donors (Lipinski definition) is 1. The summed E-state index contributed by atoms with van der Waals surface area (Å²) < 4.78 is 42.5. The SMILES string of the molecule is COCCCNc1nc(Cl)ncc1C(F)(F)F. The quantitative estimate of drug-likeness (QED) is 0.659. The van der Waals surface area contributed by atoms with E-state index in [9.17, 15) is 13.2 Å². The Morgan fingerprint density at radius 2 is 2.18 bits per heavy atom. The van der Waals surface area contributed by atoms with Crippen LogP contribution in [-0.4, -0.2) is 30.2 Å². The molecule has 0 aliphatic heterocycles. The number of hydrogen-bond acceptors (Lipinski definition) is 4. The van der Waals surface area contributed by atoms with Crippen LogP contribution in [-0.2, 0) is 10.9 Å². The summed E-state index contributed by atoms with van der Waals surface area (Å²) in [4.78, 5) is 6.84. The van der Waals surface area contributed by atoms with Crippen LogP contribution in [0.1, 0.15) is 12.0 Å². The van der Waals surface area contributed by atoms with E-state index < -0.39 is 11.7 Å². The summed E-state index contributed by atoms with van der Waals surface area (Å²) in [5.74, 6) is -0.311. The van der Waals surface area contributed by atoms with Crippen LogP contribution in [0.4, 0.5) is 19.0 Å². The minimum absolute atomic E-state index is 0.229. The molecule has 1 N–H and O–H groups in total. The van der Waals surface area contributed by atoms with Crippen LogP contribution in [0.15, 0.2) is 6.20 Å². The van der Waals surface area contributed by atoms with Crippen molar-refractivity contribution in [1.29, 1.82) is 0 Å². The van der Waals surface area contributed by atoms with Crippen LogP contribution >= 0.6 is 11.6 Å². The van der Waals surface area contributed by atoms with Crippen LogP contribution < -0.4 is 5.32 Å². The van der Waals surface area contributed by atoms with Crippen LogP contribution in [0.3, 0.4) is 0 Å². The molecule has 0 spiro atoms. The largest absolute Gasteiger partial charge is 0.421 e. The van der Waals surface area contributed by atoms with Gasteiger partial charge in [0.05, 0.1) is 0 Å². The molecule has 17 heavy (non-hydrogen) atoms. The Morgan fingerprint density at radius 3 is 2.76 bits per heavy atom. The fourth-order valence-electron chi connectivity index (χ4n) is 1.13. The van der Waals surface area contributed by atoms with Gasteiger partial charge in [-0.1, -0.05) is 0 Å². The van der Waals surface area contributed by atoms with Crippen molar-refractivity contribution in [3.63, 3.8) is 0 Å². The molecular formula is C9H11ClF3N3O. The van der Waals surface area contributed by atoms with Crippen LogP contribution in [0.5, 0.6) is 0 Å². The van der Waals surface area contributed by atoms with Gasteiger partial charge in [0.2, 0.25) is 5.28 Å². The highest BCUT2D eigenvalue weighted by atomic mass is 35.5. The molecule has 8 heteroatoms. The molecule has 1 rings (SSSR count). The van der Waals surface area contributed by atoms with Gasteiger partial charge in [0, 0.05) is 26.5 Å². The van der Waals surface area contributed by atoms with E-state index in [1.165, 1.54) is 7.11 Å². The molecule has 0 aliphatic rings. The van der Waals surface area contributed by atoms with Gasteiger partial charge in [0.25, 0.3) is 0 Å². The third-order valence-corrected chi connectivity index (χ3v) is 2.06. The first kappa shape index (κ1) is 14.0. The number of halogens is 4. The Balaban J connectivity index is 2.77. The van der Waals surface area contributed by atoms with Gasteiger partial charge in [0.1, 0.15) is 11.4 Å². The van der Waals surface area contributed by atoms with E-state index in [2.05, 4.69) is 15.3 Å². The molecule has 0 unspecified atom stereocenters. The van der Waals surface area contributed by atoms with Crippen molar-refractivity contribution in [2.45, 2.75) is 12.6 Å². The lowest BCUT2D eigenvalue weighted by Gasteiger charge is -2.12. The van der Waals surface area contributed by atoms with Crippen molar-refractivity contribution in [2.75, 3.05) is 25.6 Å². The maximum Gasteiger partial charge on any atom is 0.421 e. The zero-order valence-electron chi connectivity index (χ0n) is 9.01. The molecule has 0 fully saturated rings. The minimum Gasteiger partial charge on any atom is -0.385 e. The van der Waals surface area contributed by atoms with Crippen molar-refractivity contribution >= 4 is 17.4 Å². The van der Waals surface area contributed by atoms with Crippen molar-refractivity contribution in [3.05, 3.63) is 17.0 Å². The number of rotatable bonds is 5. The number of nitrogens with one attached hydrogen (secondary N) is 1. The molecule has 1 aromatic rings. The number of nitrogens with zero attached hydrogens (tertiary/aromatic N) is 2. The van der Waals surface area contributed by atoms with Crippen molar-refractivity contribution in [2.24, 2.45) is 0 Å². The molecule has 0 radical (unpaired) electrons. The maximum absolute atomic E-state index is 12.6. The summed E-state index contributed by atoms with van der Waals surface area (Å²) in [5, 5.41) is 2.33. The number of methoxy groups -OCH3 is 1. The van der Waals surface area contributed by atoms with E-state index in [1.807, 2.05) is 0 Å². The smallest absolute Gasteiger partial charge is 0.385 e.